The fourth-order valence-corrected chi connectivity index (χ4v) is 3.23. The van der Waals surface area contributed by atoms with Gasteiger partial charge >= 0.3 is 5.97 Å². The minimum Gasteiger partial charge on any atom is -0.469 e. The van der Waals surface area contributed by atoms with Crippen molar-refractivity contribution in [3.8, 4) is 0 Å². The summed E-state index contributed by atoms with van der Waals surface area (Å²) in [4.78, 5) is 27.7. The zero-order chi connectivity index (χ0) is 16.5. The lowest BCUT2D eigenvalue weighted by molar-refractivity contribution is -0.145. The van der Waals surface area contributed by atoms with Gasteiger partial charge in [0.15, 0.2) is 0 Å². The molecular formula is C15H28N4O3. The third-order valence-corrected chi connectivity index (χ3v) is 4.23. The Bertz CT molecular complexity index is 400. The van der Waals surface area contributed by atoms with Crippen LogP contribution in [0.2, 0.25) is 0 Å². The number of nitrogens with one attached hydrogen (secondary N) is 2. The number of methoxy groups -OCH3 is 1. The van der Waals surface area contributed by atoms with Crippen LogP contribution in [0.5, 0.6) is 0 Å². The molecule has 4 N–H and O–H groups in total. The van der Waals surface area contributed by atoms with Crippen molar-refractivity contribution < 1.29 is 14.3 Å². The molecule has 0 heterocycles. The number of nitrogens with two attached hydrogens (primary N) is 1. The predicted octanol–water partition coefficient (Wildman–Crippen LogP) is 0.741. The van der Waals surface area contributed by atoms with Crippen LogP contribution < -0.4 is 16.6 Å². The van der Waals surface area contributed by atoms with E-state index in [4.69, 9.17) is 10.6 Å². The molecule has 0 spiro atoms. The molecule has 7 nitrogen and oxygen atoms in total. The van der Waals surface area contributed by atoms with E-state index in [1.165, 1.54) is 20.4 Å². The Morgan fingerprint density at radius 2 is 2.18 bits per heavy atom. The van der Waals surface area contributed by atoms with Crippen molar-refractivity contribution in [3.63, 3.8) is 0 Å². The molecule has 0 aromatic carbocycles. The normalized spacial score (nSPS) is 25.9. The first-order chi connectivity index (χ1) is 10.5. The Morgan fingerprint density at radius 1 is 1.45 bits per heavy atom. The summed E-state index contributed by atoms with van der Waals surface area (Å²) in [5.74, 6) is 4.93. The first kappa shape index (κ1) is 18.4. The van der Waals surface area contributed by atoms with E-state index in [1.807, 2.05) is 0 Å². The van der Waals surface area contributed by atoms with Gasteiger partial charge < -0.3 is 15.5 Å². The molecule has 0 aliphatic heterocycles. The van der Waals surface area contributed by atoms with E-state index in [-0.39, 0.29) is 35.8 Å². The number of carbonyl (C=O) groups is 2. The number of esters is 1. The molecule has 0 saturated heterocycles. The molecule has 1 unspecified atom stereocenters. The first-order valence-corrected chi connectivity index (χ1v) is 7.86. The number of amides is 1. The first-order valence-electron chi connectivity index (χ1n) is 7.86. The molecule has 1 rings (SSSR count). The molecule has 0 aromatic rings. The largest absolute Gasteiger partial charge is 0.469 e. The van der Waals surface area contributed by atoms with Crippen LogP contribution in [0.1, 0.15) is 46.0 Å². The van der Waals surface area contributed by atoms with Gasteiger partial charge in [-0.05, 0) is 19.3 Å². The van der Waals surface area contributed by atoms with Gasteiger partial charge in [0.1, 0.15) is 0 Å². The minimum atomic E-state index is -0.208. The third-order valence-electron chi connectivity index (χ3n) is 4.23. The van der Waals surface area contributed by atoms with E-state index in [2.05, 4.69) is 22.7 Å². The van der Waals surface area contributed by atoms with Gasteiger partial charge in [-0.25, -0.2) is 5.84 Å². The van der Waals surface area contributed by atoms with E-state index >= 15 is 0 Å². The summed E-state index contributed by atoms with van der Waals surface area (Å²) in [6.07, 6.45) is 5.71. The zero-order valence-electron chi connectivity index (χ0n) is 13.7. The Labute approximate surface area is 132 Å². The summed E-state index contributed by atoms with van der Waals surface area (Å²) in [5.41, 5.74) is 2.40. The van der Waals surface area contributed by atoms with Crippen LogP contribution in [0.4, 0.5) is 0 Å². The average molecular weight is 312 g/mol. The van der Waals surface area contributed by atoms with Gasteiger partial charge in [-0.3, -0.25) is 14.6 Å². The van der Waals surface area contributed by atoms with Crippen LogP contribution in [0.15, 0.2) is 4.99 Å². The minimum absolute atomic E-state index is 0.0204. The predicted molar refractivity (Wildman–Crippen MR) is 85.0 cm³/mol. The fraction of sp³-hybridized carbons (Fsp3) is 0.800. The highest BCUT2D eigenvalue weighted by atomic mass is 16.5. The maximum absolute atomic E-state index is 11.8. The van der Waals surface area contributed by atoms with Crippen LogP contribution in [-0.2, 0) is 14.3 Å². The maximum atomic E-state index is 11.8. The summed E-state index contributed by atoms with van der Waals surface area (Å²) in [6.45, 7) is 3.64. The lowest BCUT2D eigenvalue weighted by Gasteiger charge is -2.27. The van der Waals surface area contributed by atoms with E-state index in [9.17, 15) is 9.59 Å². The molecule has 1 fully saturated rings. The molecule has 0 radical (unpaired) electrons. The Balaban J connectivity index is 2.88. The molecule has 0 bridgehead atoms. The van der Waals surface area contributed by atoms with E-state index in [1.54, 1.807) is 0 Å². The fourth-order valence-electron chi connectivity index (χ4n) is 3.23. The molecule has 22 heavy (non-hydrogen) atoms. The number of unbranched alkanes of at least 4 members (excludes halogenated alkanes) is 1. The van der Waals surface area contributed by atoms with Crippen molar-refractivity contribution in [2.75, 3.05) is 7.11 Å². The number of nitrogens with zero attached hydrogens (tertiary/aromatic N) is 1. The quantitative estimate of drug-likeness (QED) is 0.201. The van der Waals surface area contributed by atoms with Crippen molar-refractivity contribution in [1.82, 2.24) is 10.7 Å². The summed E-state index contributed by atoms with van der Waals surface area (Å²) < 4.78 is 4.86. The smallest absolute Gasteiger partial charge is 0.308 e. The number of hydrazine groups is 1. The van der Waals surface area contributed by atoms with E-state index in [0.717, 1.165) is 19.3 Å². The maximum Gasteiger partial charge on any atom is 0.308 e. The summed E-state index contributed by atoms with van der Waals surface area (Å²) in [5, 5.41) is 3.02. The lowest BCUT2D eigenvalue weighted by atomic mass is 9.90. The topological polar surface area (TPSA) is 106 Å². The third kappa shape index (κ3) is 5.29. The monoisotopic (exact) mass is 312 g/mol. The standard InChI is InChI=1S/C15H28N4O3/c1-4-5-6-13(19-10(2)20)12-7-11(15(21)22-3)8-14(12)17-9-18-16/h9,11-14H,4-8,16H2,1-3H3,(H,17,18)(H,19,20)/t11-,12+,13?,14-/m1/s1. The molecule has 7 heteroatoms. The van der Waals surface area contributed by atoms with Crippen LogP contribution in [0, 0.1) is 11.8 Å². The van der Waals surface area contributed by atoms with Crippen molar-refractivity contribution >= 4 is 18.2 Å². The number of ether oxygens (including phenoxy) is 1. The second-order valence-corrected chi connectivity index (χ2v) is 5.82. The number of rotatable bonds is 8. The Kier molecular flexibility index (Phi) is 7.87. The van der Waals surface area contributed by atoms with Crippen LogP contribution in [-0.4, -0.2) is 37.4 Å². The summed E-state index contributed by atoms with van der Waals surface area (Å²) in [6, 6.07) is -0.0270. The van der Waals surface area contributed by atoms with Crippen molar-refractivity contribution in [1.29, 1.82) is 0 Å². The molecule has 126 valence electrons. The summed E-state index contributed by atoms with van der Waals surface area (Å²) in [7, 11) is 1.40. The van der Waals surface area contributed by atoms with Gasteiger partial charge in [0, 0.05) is 18.9 Å². The molecule has 1 saturated carbocycles. The molecule has 1 aliphatic carbocycles. The van der Waals surface area contributed by atoms with Gasteiger partial charge in [0.2, 0.25) is 5.91 Å². The molecule has 0 aromatic heterocycles. The number of hydrogen-bond donors (Lipinski definition) is 3. The van der Waals surface area contributed by atoms with Gasteiger partial charge in [-0.2, -0.15) is 0 Å². The molecule has 1 aliphatic rings. The average Bonchev–Trinajstić information content (AvgIpc) is 2.92. The number of hydrogen-bond acceptors (Lipinski definition) is 5. The van der Waals surface area contributed by atoms with Gasteiger partial charge in [-0.15, -0.1) is 0 Å². The van der Waals surface area contributed by atoms with Crippen molar-refractivity contribution in [2.45, 2.75) is 58.0 Å². The summed E-state index contributed by atoms with van der Waals surface area (Å²) >= 11 is 0. The van der Waals surface area contributed by atoms with Gasteiger partial charge in [0.05, 0.1) is 25.4 Å². The van der Waals surface area contributed by atoms with Gasteiger partial charge in [-0.1, -0.05) is 19.8 Å². The lowest BCUT2D eigenvalue weighted by Crippen LogP contribution is -2.42. The van der Waals surface area contributed by atoms with E-state index in [0.29, 0.717) is 12.8 Å². The highest BCUT2D eigenvalue weighted by Gasteiger charge is 2.42. The SMILES string of the molecule is CCCCC(NC(C)=O)[C@@H]1C[C@@H](C(=O)OC)C[C@H]1N=CNN. The van der Waals surface area contributed by atoms with Crippen LogP contribution in [0.3, 0.4) is 0 Å². The second kappa shape index (κ2) is 9.40. The Hall–Kier alpha value is -1.63. The van der Waals surface area contributed by atoms with Crippen LogP contribution in [0.25, 0.3) is 0 Å². The van der Waals surface area contributed by atoms with E-state index < -0.39 is 0 Å². The zero-order valence-corrected chi connectivity index (χ0v) is 13.7. The van der Waals surface area contributed by atoms with Crippen molar-refractivity contribution in [3.05, 3.63) is 0 Å². The highest BCUT2D eigenvalue weighted by Crippen LogP contribution is 2.37. The highest BCUT2D eigenvalue weighted by molar-refractivity contribution is 5.74. The molecule has 1 amide bonds. The second-order valence-electron chi connectivity index (χ2n) is 5.82. The molecule has 4 atom stereocenters. The van der Waals surface area contributed by atoms with Gasteiger partial charge in [0.25, 0.3) is 0 Å². The number of aliphatic imine (C=N–C) groups is 1. The number of carbonyl (C=O) groups excluding carboxylic acids is 2. The van der Waals surface area contributed by atoms with Crippen LogP contribution >= 0.6 is 0 Å². The Morgan fingerprint density at radius 3 is 2.73 bits per heavy atom. The van der Waals surface area contributed by atoms with Crippen molar-refractivity contribution in [2.24, 2.45) is 22.7 Å². The molecular weight excluding hydrogens is 284 g/mol.